The first-order valence-corrected chi connectivity index (χ1v) is 17.4. The third-order valence-corrected chi connectivity index (χ3v) is 9.46. The first-order valence-electron chi connectivity index (χ1n) is 17.4. The Balaban J connectivity index is 1.40. The lowest BCUT2D eigenvalue weighted by Crippen LogP contribution is -2.39. The van der Waals surface area contributed by atoms with Crippen molar-refractivity contribution in [2.45, 2.75) is 38.3 Å². The van der Waals surface area contributed by atoms with Gasteiger partial charge in [-0.2, -0.15) is 0 Å². The lowest BCUT2D eigenvalue weighted by Gasteiger charge is -2.36. The number of aldehydes is 1. The van der Waals surface area contributed by atoms with E-state index in [9.17, 15) is 9.59 Å². The van der Waals surface area contributed by atoms with Gasteiger partial charge in [-0.25, -0.2) is 14.5 Å². The maximum absolute atomic E-state index is 12.9. The van der Waals surface area contributed by atoms with Gasteiger partial charge >= 0.3 is 5.97 Å². The van der Waals surface area contributed by atoms with E-state index in [2.05, 4.69) is 58.6 Å². The molecule has 52 heavy (non-hydrogen) atoms. The smallest absolute Gasteiger partial charge is 0.356 e. The molecule has 7 aromatic rings. The van der Waals surface area contributed by atoms with Gasteiger partial charge in [-0.05, 0) is 63.2 Å². The molecule has 0 bridgehead atoms. The molecule has 0 radical (unpaired) electrons. The molecule has 7 rings (SSSR count). The average molecular weight is 687 g/mol. The van der Waals surface area contributed by atoms with Crippen molar-refractivity contribution in [2.75, 3.05) is 6.61 Å². The molecule has 2 aromatic heterocycles. The molecule has 0 N–H and O–H groups in total. The molecule has 258 valence electrons. The summed E-state index contributed by atoms with van der Waals surface area (Å²) in [6.45, 7) is 4.13. The molecule has 0 aliphatic heterocycles. The van der Waals surface area contributed by atoms with E-state index in [-0.39, 0.29) is 12.6 Å². The Kier molecular flexibility index (Phi) is 9.93. The highest BCUT2D eigenvalue weighted by Crippen LogP contribution is 2.44. The van der Waals surface area contributed by atoms with E-state index in [1.807, 2.05) is 106 Å². The second kappa shape index (κ2) is 15.2. The van der Waals surface area contributed by atoms with Crippen molar-refractivity contribution in [1.29, 1.82) is 0 Å². The number of rotatable bonds is 13. The van der Waals surface area contributed by atoms with Crippen LogP contribution in [0.1, 0.15) is 75.8 Å². The van der Waals surface area contributed by atoms with Crippen molar-refractivity contribution in [2.24, 2.45) is 0 Å². The van der Waals surface area contributed by atoms with Gasteiger partial charge in [0.05, 0.1) is 25.2 Å². The molecular weight excluding hydrogens is 649 g/mol. The predicted octanol–water partition coefficient (Wildman–Crippen LogP) is 8.42. The third kappa shape index (κ3) is 6.11. The summed E-state index contributed by atoms with van der Waals surface area (Å²) in [6.07, 6.45) is 5.63. The molecule has 9 nitrogen and oxygen atoms in total. The Morgan fingerprint density at radius 1 is 0.769 bits per heavy atom. The van der Waals surface area contributed by atoms with Crippen LogP contribution in [0.5, 0.6) is 0 Å². The molecule has 0 saturated heterocycles. The Labute approximate surface area is 302 Å². The van der Waals surface area contributed by atoms with Crippen LogP contribution in [0, 0.1) is 0 Å². The van der Waals surface area contributed by atoms with Crippen LogP contribution < -0.4 is 0 Å². The number of tetrazole rings is 1. The van der Waals surface area contributed by atoms with E-state index in [1.165, 1.54) is 6.20 Å². The van der Waals surface area contributed by atoms with Crippen molar-refractivity contribution in [3.8, 4) is 22.5 Å². The van der Waals surface area contributed by atoms with Gasteiger partial charge in [0.25, 0.3) is 0 Å². The van der Waals surface area contributed by atoms with Gasteiger partial charge in [-0.1, -0.05) is 141 Å². The molecule has 9 heteroatoms. The number of nitrogens with zero attached hydrogens (tertiary/aromatic N) is 6. The number of esters is 1. The maximum Gasteiger partial charge on any atom is 0.356 e. The largest absolute Gasteiger partial charge is 0.461 e. The van der Waals surface area contributed by atoms with Crippen LogP contribution in [0.2, 0.25) is 0 Å². The fourth-order valence-electron chi connectivity index (χ4n) is 7.19. The summed E-state index contributed by atoms with van der Waals surface area (Å²) in [5.74, 6) is 0.104. The number of aromatic nitrogens is 6. The topological polar surface area (TPSA) is 105 Å². The Bertz CT molecular complexity index is 2190. The first-order chi connectivity index (χ1) is 25.6. The quantitative estimate of drug-likeness (QED) is 0.0681. The monoisotopic (exact) mass is 686 g/mol. The molecular formula is C43H38N6O3. The number of carbonyl (C=O) groups is 2. The lowest BCUT2D eigenvalue weighted by atomic mass is 9.77. The molecule has 0 amide bonds. The molecule has 0 aliphatic rings. The van der Waals surface area contributed by atoms with E-state index >= 15 is 0 Å². The second-order valence-corrected chi connectivity index (χ2v) is 12.4. The zero-order valence-electron chi connectivity index (χ0n) is 29.0. The number of hydrogen-bond acceptors (Lipinski definition) is 7. The van der Waals surface area contributed by atoms with E-state index in [0.717, 1.165) is 58.1 Å². The number of ether oxygens (including phenoxy) is 1. The summed E-state index contributed by atoms with van der Waals surface area (Å²) in [5.41, 5.74) is 6.07. The predicted molar refractivity (Wildman–Crippen MR) is 200 cm³/mol. The van der Waals surface area contributed by atoms with Gasteiger partial charge in [0.1, 0.15) is 11.2 Å². The number of imidazole rings is 1. The van der Waals surface area contributed by atoms with Gasteiger partial charge in [0, 0.05) is 11.1 Å². The van der Waals surface area contributed by atoms with Crippen molar-refractivity contribution in [3.05, 3.63) is 179 Å². The highest BCUT2D eigenvalue weighted by atomic mass is 16.5. The van der Waals surface area contributed by atoms with Gasteiger partial charge in [-0.15, -0.1) is 5.10 Å². The normalized spacial score (nSPS) is 12.0. The minimum Gasteiger partial charge on any atom is -0.461 e. The number of benzene rings is 5. The van der Waals surface area contributed by atoms with Crippen LogP contribution in [0.4, 0.5) is 0 Å². The van der Waals surface area contributed by atoms with Gasteiger partial charge in [0.15, 0.2) is 12.1 Å². The lowest BCUT2D eigenvalue weighted by molar-refractivity contribution is 0.0512. The van der Waals surface area contributed by atoms with Crippen molar-refractivity contribution < 1.29 is 14.3 Å². The van der Waals surface area contributed by atoms with Gasteiger partial charge in [0.2, 0.25) is 0 Å². The third-order valence-electron chi connectivity index (χ3n) is 9.46. The molecule has 5 aromatic carbocycles. The molecule has 0 aliphatic carbocycles. The fourth-order valence-corrected chi connectivity index (χ4v) is 7.19. The van der Waals surface area contributed by atoms with E-state index < -0.39 is 11.5 Å². The Morgan fingerprint density at radius 2 is 1.37 bits per heavy atom. The molecule has 2 heterocycles. The highest BCUT2D eigenvalue weighted by Gasteiger charge is 2.42. The summed E-state index contributed by atoms with van der Waals surface area (Å²) < 4.78 is 9.04. The van der Waals surface area contributed by atoms with Crippen LogP contribution in [0.15, 0.2) is 146 Å². The molecule has 1 unspecified atom stereocenters. The van der Waals surface area contributed by atoms with Gasteiger partial charge < -0.3 is 9.30 Å². The molecule has 0 fully saturated rings. The summed E-state index contributed by atoms with van der Waals surface area (Å²) in [4.78, 5) is 30.0. The van der Waals surface area contributed by atoms with E-state index in [1.54, 1.807) is 13.3 Å². The van der Waals surface area contributed by atoms with Crippen LogP contribution in [0.3, 0.4) is 0 Å². The average Bonchev–Trinajstić information content (AvgIpc) is 3.90. The number of carbonyl (C=O) groups excluding carboxylic acids is 2. The zero-order valence-corrected chi connectivity index (χ0v) is 29.0. The first kappa shape index (κ1) is 34.0. The molecule has 0 spiro atoms. The van der Waals surface area contributed by atoms with Crippen LogP contribution in [-0.2, 0) is 10.3 Å². The highest BCUT2D eigenvalue weighted by molar-refractivity contribution is 5.93. The van der Waals surface area contributed by atoms with Gasteiger partial charge in [-0.3, -0.25) is 4.79 Å². The molecule has 0 saturated carbocycles. The van der Waals surface area contributed by atoms with Crippen molar-refractivity contribution in [1.82, 2.24) is 29.8 Å². The SMILES string of the molecule is CCCC(c1ccc(-c2ccccc2-c2nnnn2C(c2ccccc2)(c2ccccc2)c2ccccc2)c(C=O)c1)n1cncc1C(=O)OCC. The Hall–Kier alpha value is -6.48. The summed E-state index contributed by atoms with van der Waals surface area (Å²) in [6, 6.07) is 44.3. The Morgan fingerprint density at radius 3 is 1.94 bits per heavy atom. The van der Waals surface area contributed by atoms with E-state index in [4.69, 9.17) is 9.95 Å². The van der Waals surface area contributed by atoms with Crippen molar-refractivity contribution >= 4 is 12.3 Å². The van der Waals surface area contributed by atoms with Crippen LogP contribution in [-0.4, -0.2) is 48.6 Å². The van der Waals surface area contributed by atoms with Crippen molar-refractivity contribution in [3.63, 3.8) is 0 Å². The summed E-state index contributed by atoms with van der Waals surface area (Å²) in [7, 11) is 0. The van der Waals surface area contributed by atoms with Crippen LogP contribution >= 0.6 is 0 Å². The standard InChI is InChI=1S/C43H38N6O3/c1-3-16-39(48-30-44-28-40(48)42(51)52-4-2)31-25-26-36(32(27-31)29-50)37-23-14-15-24-38(37)41-45-46-47-49(41)43(33-17-8-5-9-18-33,34-19-10-6-11-20-34)35-21-12-7-13-22-35/h5-15,17-30,39H,3-4,16H2,1-2H3. The zero-order chi connectivity index (χ0) is 35.9. The summed E-state index contributed by atoms with van der Waals surface area (Å²) in [5, 5.41) is 13.7. The number of hydrogen-bond donors (Lipinski definition) is 0. The summed E-state index contributed by atoms with van der Waals surface area (Å²) >= 11 is 0. The molecule has 1 atom stereocenters. The van der Waals surface area contributed by atoms with E-state index in [0.29, 0.717) is 17.1 Å². The minimum absolute atomic E-state index is 0.231. The fraction of sp³-hybridized carbons (Fsp3) is 0.163. The van der Waals surface area contributed by atoms with Crippen LogP contribution in [0.25, 0.3) is 22.5 Å². The maximum atomic E-state index is 12.9. The second-order valence-electron chi connectivity index (χ2n) is 12.4. The minimum atomic E-state index is -0.943.